The first-order valence-electron chi connectivity index (χ1n) is 6.68. The highest BCUT2D eigenvalue weighted by molar-refractivity contribution is 7.18. The zero-order valence-electron chi connectivity index (χ0n) is 11.6. The molecule has 0 spiro atoms. The lowest BCUT2D eigenvalue weighted by Gasteiger charge is -2.10. The van der Waals surface area contributed by atoms with Crippen LogP contribution in [0.1, 0.15) is 27.1 Å². The Balaban J connectivity index is 1.86. The maximum Gasteiger partial charge on any atom is 0.0956 e. The number of fused-ring (bicyclic) bond motifs is 1. The Morgan fingerprint density at radius 1 is 1.10 bits per heavy atom. The van der Waals surface area contributed by atoms with Crippen molar-refractivity contribution in [3.8, 4) is 0 Å². The summed E-state index contributed by atoms with van der Waals surface area (Å²) >= 11 is 8.31. The standard InChI is InChI=1S/C17H16ClNS/c1-11-7-12(2)9-13(8-11)14(18)10-17-19-15-5-3-4-6-16(15)20-17/h3-9,14H,10H2,1-2H3. The van der Waals surface area contributed by atoms with Gasteiger partial charge in [-0.2, -0.15) is 0 Å². The van der Waals surface area contributed by atoms with E-state index in [2.05, 4.69) is 49.2 Å². The van der Waals surface area contributed by atoms with E-state index in [1.807, 2.05) is 12.1 Å². The molecule has 1 atom stereocenters. The predicted molar refractivity (Wildman–Crippen MR) is 87.8 cm³/mol. The first kappa shape index (κ1) is 13.6. The molecule has 102 valence electrons. The highest BCUT2D eigenvalue weighted by atomic mass is 35.5. The second kappa shape index (κ2) is 5.55. The second-order valence-corrected chi connectivity index (χ2v) is 6.81. The molecule has 1 aromatic heterocycles. The van der Waals surface area contributed by atoms with Gasteiger partial charge in [-0.25, -0.2) is 4.98 Å². The minimum Gasteiger partial charge on any atom is -0.241 e. The van der Waals surface area contributed by atoms with E-state index in [1.165, 1.54) is 21.4 Å². The number of thiazole rings is 1. The van der Waals surface area contributed by atoms with E-state index in [-0.39, 0.29) is 5.38 Å². The van der Waals surface area contributed by atoms with Gasteiger partial charge in [0.1, 0.15) is 0 Å². The molecular weight excluding hydrogens is 286 g/mol. The average Bonchev–Trinajstić information content (AvgIpc) is 2.79. The Bertz CT molecular complexity index is 694. The zero-order chi connectivity index (χ0) is 14.1. The van der Waals surface area contributed by atoms with Crippen molar-refractivity contribution in [1.29, 1.82) is 0 Å². The van der Waals surface area contributed by atoms with Crippen LogP contribution in [0.2, 0.25) is 0 Å². The highest BCUT2D eigenvalue weighted by Gasteiger charge is 2.13. The lowest BCUT2D eigenvalue weighted by atomic mass is 10.0. The van der Waals surface area contributed by atoms with Gasteiger partial charge >= 0.3 is 0 Å². The van der Waals surface area contributed by atoms with Gasteiger partial charge in [0.05, 0.1) is 20.6 Å². The number of aromatic nitrogens is 1. The first-order chi connectivity index (χ1) is 9.61. The molecule has 3 aromatic rings. The molecule has 0 aliphatic carbocycles. The van der Waals surface area contributed by atoms with Crippen LogP contribution in [0.4, 0.5) is 0 Å². The SMILES string of the molecule is Cc1cc(C)cc(C(Cl)Cc2nc3ccccc3s2)c1. The van der Waals surface area contributed by atoms with E-state index < -0.39 is 0 Å². The number of aryl methyl sites for hydroxylation is 2. The molecule has 20 heavy (non-hydrogen) atoms. The van der Waals surface area contributed by atoms with Crippen LogP contribution < -0.4 is 0 Å². The second-order valence-electron chi connectivity index (χ2n) is 5.17. The third-order valence-corrected chi connectivity index (χ3v) is 4.76. The molecule has 0 radical (unpaired) electrons. The van der Waals surface area contributed by atoms with E-state index in [9.17, 15) is 0 Å². The molecule has 3 heteroatoms. The Morgan fingerprint density at radius 3 is 2.50 bits per heavy atom. The molecule has 1 unspecified atom stereocenters. The molecule has 2 aromatic carbocycles. The third kappa shape index (κ3) is 2.87. The molecule has 3 rings (SSSR count). The van der Waals surface area contributed by atoms with Crippen molar-refractivity contribution in [3.63, 3.8) is 0 Å². The summed E-state index contributed by atoms with van der Waals surface area (Å²) in [5, 5.41) is 1.08. The molecular formula is C17H16ClNS. The van der Waals surface area contributed by atoms with Crippen LogP contribution in [0, 0.1) is 13.8 Å². The van der Waals surface area contributed by atoms with Gasteiger partial charge in [0.15, 0.2) is 0 Å². The Hall–Kier alpha value is -1.38. The van der Waals surface area contributed by atoms with E-state index in [1.54, 1.807) is 11.3 Å². The molecule has 0 saturated carbocycles. The molecule has 0 saturated heterocycles. The van der Waals surface area contributed by atoms with Crippen molar-refractivity contribution < 1.29 is 0 Å². The van der Waals surface area contributed by atoms with Gasteiger partial charge in [-0.3, -0.25) is 0 Å². The molecule has 0 amide bonds. The zero-order valence-corrected chi connectivity index (χ0v) is 13.1. The first-order valence-corrected chi connectivity index (χ1v) is 7.94. The van der Waals surface area contributed by atoms with Crippen LogP contribution >= 0.6 is 22.9 Å². The average molecular weight is 302 g/mol. The molecule has 1 nitrogen and oxygen atoms in total. The van der Waals surface area contributed by atoms with Crippen LogP contribution in [0.15, 0.2) is 42.5 Å². The Labute approximate surface area is 128 Å². The van der Waals surface area contributed by atoms with Gasteiger partial charge in [0.2, 0.25) is 0 Å². The number of halogens is 1. The summed E-state index contributed by atoms with van der Waals surface area (Å²) in [6, 6.07) is 14.7. The van der Waals surface area contributed by atoms with Crippen LogP contribution in [0.25, 0.3) is 10.2 Å². The largest absolute Gasteiger partial charge is 0.241 e. The molecule has 0 bridgehead atoms. The number of hydrogen-bond acceptors (Lipinski definition) is 2. The normalized spacial score (nSPS) is 12.8. The fraction of sp³-hybridized carbons (Fsp3) is 0.235. The fourth-order valence-electron chi connectivity index (χ4n) is 2.47. The van der Waals surface area contributed by atoms with Crippen LogP contribution in [0.3, 0.4) is 0 Å². The quantitative estimate of drug-likeness (QED) is 0.587. The summed E-state index contributed by atoms with van der Waals surface area (Å²) in [5.74, 6) is 0. The Morgan fingerprint density at radius 2 is 1.80 bits per heavy atom. The lowest BCUT2D eigenvalue weighted by Crippen LogP contribution is -1.96. The Kier molecular flexibility index (Phi) is 3.77. The van der Waals surface area contributed by atoms with E-state index in [4.69, 9.17) is 11.6 Å². The van der Waals surface area contributed by atoms with Gasteiger partial charge < -0.3 is 0 Å². The van der Waals surface area contributed by atoms with Gasteiger partial charge in [0.25, 0.3) is 0 Å². The number of nitrogens with zero attached hydrogens (tertiary/aromatic N) is 1. The van der Waals surface area contributed by atoms with Crippen molar-refractivity contribution in [3.05, 3.63) is 64.2 Å². The van der Waals surface area contributed by atoms with Gasteiger partial charge in [-0.1, -0.05) is 41.5 Å². The topological polar surface area (TPSA) is 12.9 Å². The van der Waals surface area contributed by atoms with E-state index in [0.29, 0.717) is 0 Å². The molecule has 0 aliphatic heterocycles. The van der Waals surface area contributed by atoms with Crippen molar-refractivity contribution in [2.24, 2.45) is 0 Å². The van der Waals surface area contributed by atoms with Crippen molar-refractivity contribution in [2.75, 3.05) is 0 Å². The third-order valence-electron chi connectivity index (χ3n) is 3.30. The number of para-hydroxylation sites is 1. The number of benzene rings is 2. The summed E-state index contributed by atoms with van der Waals surface area (Å²) in [5.41, 5.74) is 4.77. The fourth-order valence-corrected chi connectivity index (χ4v) is 3.85. The van der Waals surface area contributed by atoms with Crippen molar-refractivity contribution in [2.45, 2.75) is 25.6 Å². The number of alkyl halides is 1. The van der Waals surface area contributed by atoms with Gasteiger partial charge in [-0.15, -0.1) is 22.9 Å². The molecule has 0 fully saturated rings. The lowest BCUT2D eigenvalue weighted by molar-refractivity contribution is 0.907. The predicted octanol–water partition coefficient (Wildman–Crippen LogP) is 5.44. The molecule has 0 aliphatic rings. The van der Waals surface area contributed by atoms with Crippen molar-refractivity contribution >= 4 is 33.2 Å². The summed E-state index contributed by atoms with van der Waals surface area (Å²) in [7, 11) is 0. The molecule has 0 N–H and O–H groups in total. The smallest absolute Gasteiger partial charge is 0.0956 e. The number of rotatable bonds is 3. The monoisotopic (exact) mass is 301 g/mol. The van der Waals surface area contributed by atoms with E-state index in [0.717, 1.165) is 16.9 Å². The highest BCUT2D eigenvalue weighted by Crippen LogP contribution is 2.30. The minimum atomic E-state index is -0.0193. The van der Waals surface area contributed by atoms with Crippen LogP contribution in [-0.2, 0) is 6.42 Å². The minimum absolute atomic E-state index is 0.0193. The van der Waals surface area contributed by atoms with Crippen LogP contribution in [0.5, 0.6) is 0 Å². The van der Waals surface area contributed by atoms with Gasteiger partial charge in [-0.05, 0) is 31.5 Å². The van der Waals surface area contributed by atoms with Gasteiger partial charge in [0, 0.05) is 6.42 Å². The summed E-state index contributed by atoms with van der Waals surface area (Å²) in [4.78, 5) is 4.66. The maximum absolute atomic E-state index is 6.58. The van der Waals surface area contributed by atoms with Crippen LogP contribution in [-0.4, -0.2) is 4.98 Å². The summed E-state index contributed by atoms with van der Waals surface area (Å²) in [6.07, 6.45) is 0.782. The maximum atomic E-state index is 6.58. The van der Waals surface area contributed by atoms with Crippen molar-refractivity contribution in [1.82, 2.24) is 4.98 Å². The van der Waals surface area contributed by atoms with E-state index >= 15 is 0 Å². The number of hydrogen-bond donors (Lipinski definition) is 0. The molecule has 1 heterocycles. The summed E-state index contributed by atoms with van der Waals surface area (Å²) < 4.78 is 1.23. The summed E-state index contributed by atoms with van der Waals surface area (Å²) in [6.45, 7) is 4.22.